The lowest BCUT2D eigenvalue weighted by atomic mass is 9.99. The number of para-hydroxylation sites is 1. The van der Waals surface area contributed by atoms with Crippen molar-refractivity contribution in [3.63, 3.8) is 0 Å². The number of nitrogens with zero attached hydrogens (tertiary/aromatic N) is 1. The second-order valence-corrected chi connectivity index (χ2v) is 7.26. The molecule has 0 unspecified atom stereocenters. The van der Waals surface area contributed by atoms with Gasteiger partial charge < -0.3 is 20.5 Å². The number of pyridine rings is 1. The van der Waals surface area contributed by atoms with Crippen molar-refractivity contribution < 1.29 is 14.3 Å². The molecule has 31 heavy (non-hydrogen) atoms. The second kappa shape index (κ2) is 11.0. The highest BCUT2D eigenvalue weighted by Crippen LogP contribution is 2.37. The van der Waals surface area contributed by atoms with E-state index in [0.29, 0.717) is 29.5 Å². The smallest absolute Gasteiger partial charge is 0.250 e. The monoisotopic (exact) mass is 419 g/mol. The molecular formula is C25H29N3O3. The van der Waals surface area contributed by atoms with Crippen molar-refractivity contribution >= 4 is 11.6 Å². The summed E-state index contributed by atoms with van der Waals surface area (Å²) >= 11 is 0. The third-order valence-corrected chi connectivity index (χ3v) is 5.05. The predicted molar refractivity (Wildman–Crippen MR) is 123 cm³/mol. The average molecular weight is 420 g/mol. The predicted octanol–water partition coefficient (Wildman–Crippen LogP) is 5.33. The first-order valence-electron chi connectivity index (χ1n) is 10.5. The van der Waals surface area contributed by atoms with Crippen molar-refractivity contribution in [2.24, 2.45) is 5.73 Å². The fraction of sp³-hybridized carbons (Fsp3) is 0.280. The summed E-state index contributed by atoms with van der Waals surface area (Å²) in [4.78, 5) is 15.4. The number of hydrogen-bond donors (Lipinski definition) is 2. The number of nitrogens with two attached hydrogens (primary N) is 1. The van der Waals surface area contributed by atoms with Gasteiger partial charge in [-0.15, -0.1) is 0 Å². The number of anilines is 1. The molecule has 1 aromatic heterocycles. The molecule has 3 rings (SSSR count). The van der Waals surface area contributed by atoms with Crippen LogP contribution in [0.25, 0.3) is 0 Å². The molecule has 6 heteroatoms. The molecule has 0 radical (unpaired) electrons. The average Bonchev–Trinajstić information content (AvgIpc) is 2.79. The summed E-state index contributed by atoms with van der Waals surface area (Å²) in [6.07, 6.45) is 5.85. The number of amides is 1. The van der Waals surface area contributed by atoms with Gasteiger partial charge in [0.1, 0.15) is 0 Å². The summed E-state index contributed by atoms with van der Waals surface area (Å²) < 4.78 is 11.8. The Morgan fingerprint density at radius 3 is 2.52 bits per heavy atom. The minimum Gasteiger partial charge on any atom is -0.492 e. The van der Waals surface area contributed by atoms with E-state index in [1.54, 1.807) is 19.2 Å². The lowest BCUT2D eigenvalue weighted by molar-refractivity contribution is 0.1000. The maximum absolute atomic E-state index is 11.3. The van der Waals surface area contributed by atoms with Crippen LogP contribution in [-0.2, 0) is 13.0 Å². The Morgan fingerprint density at radius 2 is 1.87 bits per heavy atom. The van der Waals surface area contributed by atoms with Crippen LogP contribution in [0.5, 0.6) is 17.4 Å². The molecule has 1 heterocycles. The normalized spacial score (nSPS) is 10.5. The molecule has 3 aromatic rings. The highest BCUT2D eigenvalue weighted by Gasteiger charge is 2.16. The zero-order valence-corrected chi connectivity index (χ0v) is 18.1. The molecule has 6 nitrogen and oxygen atoms in total. The van der Waals surface area contributed by atoms with Gasteiger partial charge in [-0.3, -0.25) is 4.79 Å². The molecule has 3 N–H and O–H groups in total. The molecule has 0 aliphatic carbocycles. The summed E-state index contributed by atoms with van der Waals surface area (Å²) in [6, 6.07) is 17.3. The molecule has 0 saturated heterocycles. The number of ether oxygens (including phenoxy) is 2. The van der Waals surface area contributed by atoms with Crippen molar-refractivity contribution in [1.82, 2.24) is 4.98 Å². The van der Waals surface area contributed by atoms with Gasteiger partial charge in [-0.05, 0) is 42.7 Å². The number of primary amides is 1. The lowest BCUT2D eigenvalue weighted by Crippen LogP contribution is -2.11. The van der Waals surface area contributed by atoms with Gasteiger partial charge in [0, 0.05) is 30.1 Å². The highest BCUT2D eigenvalue weighted by atomic mass is 16.5. The Balaban J connectivity index is 1.88. The van der Waals surface area contributed by atoms with Crippen LogP contribution in [0.1, 0.15) is 47.7 Å². The number of unbranched alkanes of at least 4 members (excludes halogenated alkanes) is 2. The van der Waals surface area contributed by atoms with Gasteiger partial charge >= 0.3 is 0 Å². The van der Waals surface area contributed by atoms with Crippen molar-refractivity contribution in [2.75, 3.05) is 12.4 Å². The molecule has 0 atom stereocenters. The third kappa shape index (κ3) is 5.98. The second-order valence-electron chi connectivity index (χ2n) is 7.26. The minimum absolute atomic E-state index is 0.332. The van der Waals surface area contributed by atoms with Crippen molar-refractivity contribution in [3.8, 4) is 17.4 Å². The molecular weight excluding hydrogens is 390 g/mol. The van der Waals surface area contributed by atoms with Gasteiger partial charge in [-0.2, -0.15) is 0 Å². The number of aromatic nitrogens is 1. The molecule has 1 amide bonds. The van der Waals surface area contributed by atoms with Gasteiger partial charge in [0.05, 0.1) is 12.7 Å². The Morgan fingerprint density at radius 1 is 1.06 bits per heavy atom. The van der Waals surface area contributed by atoms with E-state index in [9.17, 15) is 4.79 Å². The van der Waals surface area contributed by atoms with E-state index in [-0.39, 0.29) is 0 Å². The molecule has 0 saturated carbocycles. The van der Waals surface area contributed by atoms with E-state index < -0.39 is 5.91 Å². The van der Waals surface area contributed by atoms with Crippen LogP contribution in [0, 0.1) is 0 Å². The first-order chi connectivity index (χ1) is 15.1. The van der Waals surface area contributed by atoms with E-state index >= 15 is 0 Å². The van der Waals surface area contributed by atoms with Crippen molar-refractivity contribution in [2.45, 2.75) is 39.2 Å². The Bertz CT molecular complexity index is 989. The van der Waals surface area contributed by atoms with Gasteiger partial charge in [-0.25, -0.2) is 4.98 Å². The third-order valence-electron chi connectivity index (χ3n) is 5.05. The maximum Gasteiger partial charge on any atom is 0.250 e. The fourth-order valence-electron chi connectivity index (χ4n) is 3.39. The van der Waals surface area contributed by atoms with Crippen LogP contribution < -0.4 is 20.5 Å². The zero-order chi connectivity index (χ0) is 22.1. The van der Waals surface area contributed by atoms with Crippen LogP contribution in [0.2, 0.25) is 0 Å². The number of carbonyl (C=O) groups is 1. The van der Waals surface area contributed by atoms with Crippen molar-refractivity contribution in [3.05, 3.63) is 77.5 Å². The van der Waals surface area contributed by atoms with Gasteiger partial charge in [-0.1, -0.05) is 44.0 Å². The van der Waals surface area contributed by atoms with Gasteiger partial charge in [0.2, 0.25) is 11.8 Å². The topological polar surface area (TPSA) is 86.5 Å². The first kappa shape index (κ1) is 22.2. The number of rotatable bonds is 11. The number of carbonyl (C=O) groups excluding carboxylic acids is 1. The lowest BCUT2D eigenvalue weighted by Gasteiger charge is -2.19. The number of nitrogens with one attached hydrogen (secondary N) is 1. The quantitative estimate of drug-likeness (QED) is 0.411. The van der Waals surface area contributed by atoms with Crippen LogP contribution in [0.4, 0.5) is 5.69 Å². The number of hydrogen-bond acceptors (Lipinski definition) is 5. The van der Waals surface area contributed by atoms with E-state index in [1.807, 2.05) is 36.4 Å². The van der Waals surface area contributed by atoms with Crippen LogP contribution in [0.3, 0.4) is 0 Å². The summed E-state index contributed by atoms with van der Waals surface area (Å²) in [5, 5.41) is 3.47. The molecule has 0 aliphatic rings. The van der Waals surface area contributed by atoms with E-state index in [0.717, 1.165) is 24.1 Å². The summed E-state index contributed by atoms with van der Waals surface area (Å²) in [6.45, 7) is 2.81. The SMILES string of the molecule is CCCCCc1ccc(Oc2ccc(C(N)=O)cn2)c(OC)c1CNc1ccccc1. The Hall–Kier alpha value is -3.54. The molecule has 0 spiro atoms. The van der Waals surface area contributed by atoms with Crippen LogP contribution in [-0.4, -0.2) is 18.0 Å². The molecule has 0 fully saturated rings. The van der Waals surface area contributed by atoms with E-state index in [2.05, 4.69) is 23.3 Å². The zero-order valence-electron chi connectivity index (χ0n) is 18.1. The summed E-state index contributed by atoms with van der Waals surface area (Å²) in [5.41, 5.74) is 8.95. The Kier molecular flexibility index (Phi) is 7.87. The number of methoxy groups -OCH3 is 1. The fourth-order valence-corrected chi connectivity index (χ4v) is 3.39. The molecule has 2 aromatic carbocycles. The summed E-state index contributed by atoms with van der Waals surface area (Å²) in [7, 11) is 1.65. The number of aryl methyl sites for hydroxylation is 1. The largest absolute Gasteiger partial charge is 0.492 e. The molecule has 162 valence electrons. The first-order valence-corrected chi connectivity index (χ1v) is 10.5. The molecule has 0 aliphatic heterocycles. The van der Waals surface area contributed by atoms with E-state index in [1.165, 1.54) is 24.6 Å². The maximum atomic E-state index is 11.3. The van der Waals surface area contributed by atoms with E-state index in [4.69, 9.17) is 15.2 Å². The van der Waals surface area contributed by atoms with Crippen LogP contribution in [0.15, 0.2) is 60.8 Å². The van der Waals surface area contributed by atoms with Crippen LogP contribution >= 0.6 is 0 Å². The van der Waals surface area contributed by atoms with Gasteiger partial charge in [0.25, 0.3) is 0 Å². The Labute approximate surface area is 183 Å². The standard InChI is InChI=1S/C25H29N3O3/c1-3-4-6-9-18-12-14-22(31-23-15-13-19(16-28-23)25(26)29)24(30-2)21(18)17-27-20-10-7-5-8-11-20/h5,7-8,10-16,27H,3-4,6,9,17H2,1-2H3,(H2,26,29). The summed E-state index contributed by atoms with van der Waals surface area (Å²) in [5.74, 6) is 1.09. The van der Waals surface area contributed by atoms with Gasteiger partial charge in [0.15, 0.2) is 11.5 Å². The van der Waals surface area contributed by atoms with Crippen molar-refractivity contribution in [1.29, 1.82) is 0 Å². The molecule has 0 bridgehead atoms. The minimum atomic E-state index is -0.526. The number of benzene rings is 2. The highest BCUT2D eigenvalue weighted by molar-refractivity contribution is 5.92.